The Balaban J connectivity index is 2.44. The molecule has 1 aliphatic rings. The van der Waals surface area contributed by atoms with Gasteiger partial charge < -0.3 is 5.32 Å². The number of halogens is 1. The summed E-state index contributed by atoms with van der Waals surface area (Å²) in [6.07, 6.45) is 1.57. The molecule has 2 rings (SSSR count). The van der Waals surface area contributed by atoms with Gasteiger partial charge in [0.1, 0.15) is 0 Å². The fourth-order valence-corrected chi connectivity index (χ4v) is 5.77. The van der Waals surface area contributed by atoms with Gasteiger partial charge in [-0.25, -0.2) is 8.42 Å². The number of hydrogen-bond donors (Lipinski definition) is 1. The third-order valence-corrected chi connectivity index (χ3v) is 6.86. The minimum Gasteiger partial charge on any atom is -0.315 e. The third-order valence-electron chi connectivity index (χ3n) is 4.14. The molecule has 0 bridgehead atoms. The van der Waals surface area contributed by atoms with Crippen molar-refractivity contribution in [3.63, 3.8) is 0 Å². The first-order valence-corrected chi connectivity index (χ1v) is 8.39. The van der Waals surface area contributed by atoms with Crippen molar-refractivity contribution in [3.05, 3.63) is 29.3 Å². The Kier molecular flexibility index (Phi) is 3.96. The SMILES string of the molecule is CNC1C(S(=O)(=O)c2ccccc2Cl)CCC1(C)C. The van der Waals surface area contributed by atoms with E-state index in [0.717, 1.165) is 6.42 Å². The van der Waals surface area contributed by atoms with Crippen molar-refractivity contribution in [1.29, 1.82) is 0 Å². The highest BCUT2D eigenvalue weighted by Crippen LogP contribution is 2.43. The molecule has 1 N–H and O–H groups in total. The van der Waals surface area contributed by atoms with Gasteiger partial charge >= 0.3 is 0 Å². The zero-order valence-corrected chi connectivity index (χ0v) is 13.1. The Morgan fingerprint density at radius 2 is 1.95 bits per heavy atom. The van der Waals surface area contributed by atoms with Crippen LogP contribution in [0.4, 0.5) is 0 Å². The number of nitrogens with one attached hydrogen (secondary N) is 1. The van der Waals surface area contributed by atoms with Gasteiger partial charge in [0.15, 0.2) is 9.84 Å². The molecule has 0 aromatic heterocycles. The van der Waals surface area contributed by atoms with E-state index in [9.17, 15) is 8.42 Å². The molecule has 1 saturated carbocycles. The number of benzene rings is 1. The van der Waals surface area contributed by atoms with Crippen LogP contribution in [0.3, 0.4) is 0 Å². The molecular weight excluding hydrogens is 282 g/mol. The van der Waals surface area contributed by atoms with E-state index in [0.29, 0.717) is 11.4 Å². The molecule has 0 aliphatic heterocycles. The quantitative estimate of drug-likeness (QED) is 0.934. The summed E-state index contributed by atoms with van der Waals surface area (Å²) in [7, 11) is -1.57. The second-order valence-corrected chi connectivity index (χ2v) is 8.35. The van der Waals surface area contributed by atoms with Crippen molar-refractivity contribution in [2.45, 2.75) is 42.9 Å². The molecule has 3 nitrogen and oxygen atoms in total. The van der Waals surface area contributed by atoms with Crippen molar-refractivity contribution in [2.75, 3.05) is 7.05 Å². The lowest BCUT2D eigenvalue weighted by Crippen LogP contribution is -2.45. The fourth-order valence-electron chi connectivity index (χ4n) is 3.09. The normalized spacial score (nSPS) is 26.5. The highest BCUT2D eigenvalue weighted by Gasteiger charge is 2.47. The predicted molar refractivity (Wildman–Crippen MR) is 78.3 cm³/mol. The van der Waals surface area contributed by atoms with E-state index in [4.69, 9.17) is 11.6 Å². The van der Waals surface area contributed by atoms with Gasteiger partial charge in [-0.05, 0) is 37.4 Å². The van der Waals surface area contributed by atoms with Crippen LogP contribution in [0.1, 0.15) is 26.7 Å². The van der Waals surface area contributed by atoms with Crippen molar-refractivity contribution >= 4 is 21.4 Å². The van der Waals surface area contributed by atoms with Crippen LogP contribution in [-0.2, 0) is 9.84 Å². The first kappa shape index (κ1) is 14.8. The summed E-state index contributed by atoms with van der Waals surface area (Å²) >= 11 is 6.05. The molecule has 5 heteroatoms. The molecule has 2 atom stereocenters. The van der Waals surface area contributed by atoms with Crippen LogP contribution in [0.25, 0.3) is 0 Å². The Labute approximate surface area is 120 Å². The molecule has 0 radical (unpaired) electrons. The summed E-state index contributed by atoms with van der Waals surface area (Å²) in [6.45, 7) is 4.21. The number of rotatable bonds is 3. The Hall–Kier alpha value is -0.580. The van der Waals surface area contributed by atoms with Gasteiger partial charge in [-0.15, -0.1) is 0 Å². The van der Waals surface area contributed by atoms with E-state index in [1.807, 2.05) is 7.05 Å². The molecule has 0 amide bonds. The zero-order chi connectivity index (χ0) is 14.3. The minimum atomic E-state index is -3.40. The molecule has 1 fully saturated rings. The molecule has 1 aliphatic carbocycles. The predicted octanol–water partition coefficient (Wildman–Crippen LogP) is 2.89. The van der Waals surface area contributed by atoms with Gasteiger partial charge in [0.2, 0.25) is 0 Å². The van der Waals surface area contributed by atoms with Crippen LogP contribution < -0.4 is 5.32 Å². The van der Waals surface area contributed by atoms with Gasteiger partial charge in [0.05, 0.1) is 15.2 Å². The molecular formula is C14H20ClNO2S. The highest BCUT2D eigenvalue weighted by atomic mass is 35.5. The average molecular weight is 302 g/mol. The van der Waals surface area contributed by atoms with Gasteiger partial charge in [-0.2, -0.15) is 0 Å². The van der Waals surface area contributed by atoms with Crippen molar-refractivity contribution < 1.29 is 8.42 Å². The topological polar surface area (TPSA) is 46.2 Å². The lowest BCUT2D eigenvalue weighted by atomic mass is 9.87. The van der Waals surface area contributed by atoms with Gasteiger partial charge in [0.25, 0.3) is 0 Å². The molecule has 19 heavy (non-hydrogen) atoms. The van der Waals surface area contributed by atoms with E-state index in [2.05, 4.69) is 19.2 Å². The summed E-state index contributed by atoms with van der Waals surface area (Å²) < 4.78 is 25.6. The van der Waals surface area contributed by atoms with Crippen molar-refractivity contribution in [1.82, 2.24) is 5.32 Å². The largest absolute Gasteiger partial charge is 0.315 e. The number of sulfone groups is 1. The summed E-state index contributed by atoms with van der Waals surface area (Å²) in [5, 5.41) is 3.08. The third kappa shape index (κ3) is 2.54. The van der Waals surface area contributed by atoms with E-state index in [1.54, 1.807) is 24.3 Å². The highest BCUT2D eigenvalue weighted by molar-refractivity contribution is 7.92. The standard InChI is InChI=1S/C14H20ClNO2S/c1-14(2)9-8-12(13(14)16-3)19(17,18)11-7-5-4-6-10(11)15/h4-7,12-13,16H,8-9H2,1-3H3. The van der Waals surface area contributed by atoms with Gasteiger partial charge in [0, 0.05) is 6.04 Å². The minimum absolute atomic E-state index is 0.0201. The first-order valence-electron chi connectivity index (χ1n) is 6.46. The molecule has 1 aromatic rings. The Morgan fingerprint density at radius 1 is 1.32 bits per heavy atom. The lowest BCUT2D eigenvalue weighted by molar-refractivity contribution is 0.297. The van der Waals surface area contributed by atoms with Crippen LogP contribution >= 0.6 is 11.6 Å². The van der Waals surface area contributed by atoms with Crippen LogP contribution in [0.15, 0.2) is 29.2 Å². The lowest BCUT2D eigenvalue weighted by Gasteiger charge is -2.30. The molecule has 0 saturated heterocycles. The molecule has 0 spiro atoms. The maximum absolute atomic E-state index is 12.8. The smallest absolute Gasteiger partial charge is 0.184 e. The average Bonchev–Trinajstić information content (AvgIpc) is 2.65. The maximum atomic E-state index is 12.8. The van der Waals surface area contributed by atoms with Crippen LogP contribution in [0, 0.1) is 5.41 Å². The zero-order valence-electron chi connectivity index (χ0n) is 11.5. The van der Waals surface area contributed by atoms with E-state index in [-0.39, 0.29) is 16.4 Å². The first-order chi connectivity index (χ1) is 8.80. The van der Waals surface area contributed by atoms with Crippen molar-refractivity contribution in [3.8, 4) is 0 Å². The summed E-state index contributed by atoms with van der Waals surface area (Å²) in [5.74, 6) is 0. The van der Waals surface area contributed by atoms with E-state index in [1.165, 1.54) is 0 Å². The second-order valence-electron chi connectivity index (χ2n) is 5.81. The van der Waals surface area contributed by atoms with Crippen LogP contribution in [0.2, 0.25) is 5.02 Å². The summed E-state index contributed by atoms with van der Waals surface area (Å²) in [4.78, 5) is 0.250. The van der Waals surface area contributed by atoms with E-state index >= 15 is 0 Å². The van der Waals surface area contributed by atoms with Gasteiger partial charge in [-0.1, -0.05) is 37.6 Å². The molecule has 106 valence electrons. The maximum Gasteiger partial charge on any atom is 0.184 e. The van der Waals surface area contributed by atoms with Crippen LogP contribution in [-0.4, -0.2) is 26.8 Å². The Bertz CT molecular complexity index is 569. The molecule has 1 aromatic carbocycles. The second kappa shape index (κ2) is 5.08. The van der Waals surface area contributed by atoms with Crippen molar-refractivity contribution in [2.24, 2.45) is 5.41 Å². The summed E-state index contributed by atoms with van der Waals surface area (Å²) in [6, 6.07) is 6.63. The van der Waals surface area contributed by atoms with Crippen LogP contribution in [0.5, 0.6) is 0 Å². The van der Waals surface area contributed by atoms with E-state index < -0.39 is 15.1 Å². The Morgan fingerprint density at radius 3 is 2.53 bits per heavy atom. The summed E-state index contributed by atoms with van der Waals surface area (Å²) in [5.41, 5.74) is -0.0201. The number of hydrogen-bond acceptors (Lipinski definition) is 3. The fraction of sp³-hybridized carbons (Fsp3) is 0.571. The molecule has 2 unspecified atom stereocenters. The van der Waals surface area contributed by atoms with Gasteiger partial charge in [-0.3, -0.25) is 0 Å². The molecule has 0 heterocycles. The monoisotopic (exact) mass is 301 g/mol.